The summed E-state index contributed by atoms with van der Waals surface area (Å²) in [5.74, 6) is 0.768. The average Bonchev–Trinajstić information content (AvgIpc) is 2.29. The molecule has 0 aromatic heterocycles. The third-order valence-corrected chi connectivity index (χ3v) is 3.46. The second-order valence-corrected chi connectivity index (χ2v) is 5.25. The van der Waals surface area contributed by atoms with Gasteiger partial charge >= 0.3 is 0 Å². The number of nitrogens with zero attached hydrogens (tertiary/aromatic N) is 1. The highest BCUT2D eigenvalue weighted by Crippen LogP contribution is 2.08. The molecule has 1 rings (SSSR count). The molecule has 3 heteroatoms. The number of ether oxygens (including phenoxy) is 1. The van der Waals surface area contributed by atoms with Gasteiger partial charge in [0.05, 0.1) is 12.7 Å². The van der Waals surface area contributed by atoms with E-state index in [-0.39, 0.29) is 0 Å². The molecule has 0 bridgehead atoms. The molecule has 96 valence electrons. The summed E-state index contributed by atoms with van der Waals surface area (Å²) in [6.07, 6.45) is 1.62. The van der Waals surface area contributed by atoms with Crippen molar-refractivity contribution in [2.24, 2.45) is 5.92 Å². The Hall–Kier alpha value is -0.120. The predicted octanol–water partition coefficient (Wildman–Crippen LogP) is 1.73. The van der Waals surface area contributed by atoms with Gasteiger partial charge in [0.15, 0.2) is 0 Å². The first-order valence-corrected chi connectivity index (χ1v) is 6.69. The molecular weight excluding hydrogens is 200 g/mol. The van der Waals surface area contributed by atoms with Gasteiger partial charge in [-0.1, -0.05) is 20.3 Å². The summed E-state index contributed by atoms with van der Waals surface area (Å²) in [5.41, 5.74) is 0. The minimum absolute atomic E-state index is 0.375. The highest BCUT2D eigenvalue weighted by Gasteiger charge is 2.21. The molecule has 2 atom stereocenters. The number of hydrogen-bond acceptors (Lipinski definition) is 3. The maximum Gasteiger partial charge on any atom is 0.0826 e. The summed E-state index contributed by atoms with van der Waals surface area (Å²) in [5, 5.41) is 3.51. The van der Waals surface area contributed by atoms with Gasteiger partial charge in [-0.05, 0) is 26.3 Å². The van der Waals surface area contributed by atoms with Gasteiger partial charge in [-0.25, -0.2) is 0 Å². The zero-order valence-electron chi connectivity index (χ0n) is 11.3. The third kappa shape index (κ3) is 4.81. The van der Waals surface area contributed by atoms with Crippen LogP contribution in [0.5, 0.6) is 0 Å². The van der Waals surface area contributed by atoms with Gasteiger partial charge in [-0.2, -0.15) is 0 Å². The predicted molar refractivity (Wildman–Crippen MR) is 68.8 cm³/mol. The fraction of sp³-hybridized carbons (Fsp3) is 1.00. The molecule has 16 heavy (non-hydrogen) atoms. The molecule has 0 amide bonds. The Morgan fingerprint density at radius 2 is 2.12 bits per heavy atom. The minimum atomic E-state index is 0.375. The van der Waals surface area contributed by atoms with Crippen molar-refractivity contribution in [2.45, 2.75) is 46.3 Å². The Kier molecular flexibility index (Phi) is 6.32. The second kappa shape index (κ2) is 7.25. The summed E-state index contributed by atoms with van der Waals surface area (Å²) >= 11 is 0. The van der Waals surface area contributed by atoms with Crippen LogP contribution in [0.4, 0.5) is 0 Å². The molecule has 0 saturated carbocycles. The lowest BCUT2D eigenvalue weighted by Crippen LogP contribution is -2.49. The van der Waals surface area contributed by atoms with Crippen molar-refractivity contribution in [3.63, 3.8) is 0 Å². The third-order valence-electron chi connectivity index (χ3n) is 3.46. The van der Waals surface area contributed by atoms with Crippen LogP contribution in [0.15, 0.2) is 0 Å². The molecule has 2 unspecified atom stereocenters. The van der Waals surface area contributed by atoms with E-state index < -0.39 is 0 Å². The molecule has 0 aromatic carbocycles. The van der Waals surface area contributed by atoms with Crippen molar-refractivity contribution >= 4 is 0 Å². The van der Waals surface area contributed by atoms with E-state index in [1.165, 1.54) is 6.42 Å². The van der Waals surface area contributed by atoms with Crippen LogP contribution in [-0.4, -0.2) is 49.8 Å². The van der Waals surface area contributed by atoms with E-state index in [9.17, 15) is 0 Å². The van der Waals surface area contributed by atoms with Crippen molar-refractivity contribution in [3.05, 3.63) is 0 Å². The van der Waals surface area contributed by atoms with Crippen LogP contribution in [0.3, 0.4) is 0 Å². The molecule has 1 aliphatic rings. The van der Waals surface area contributed by atoms with Gasteiger partial charge < -0.3 is 10.1 Å². The molecule has 0 aliphatic carbocycles. The molecule has 1 aliphatic heterocycles. The first-order chi connectivity index (χ1) is 7.63. The fourth-order valence-electron chi connectivity index (χ4n) is 1.97. The van der Waals surface area contributed by atoms with Crippen molar-refractivity contribution in [3.8, 4) is 0 Å². The normalized spacial score (nSPS) is 24.9. The standard InChI is InChI=1S/C13H28N2O/c1-5-12(4)8-14-9-13-10-15(11(2)3)6-7-16-13/h11-14H,5-10H2,1-4H3. The summed E-state index contributed by atoms with van der Waals surface area (Å²) in [6, 6.07) is 0.640. The maximum atomic E-state index is 5.77. The molecule has 0 spiro atoms. The van der Waals surface area contributed by atoms with Gasteiger partial charge in [0.1, 0.15) is 0 Å². The van der Waals surface area contributed by atoms with Crippen LogP contribution in [0.1, 0.15) is 34.1 Å². The molecule has 0 radical (unpaired) electrons. The summed E-state index contributed by atoms with van der Waals surface area (Å²) in [4.78, 5) is 2.50. The number of nitrogens with one attached hydrogen (secondary N) is 1. The molecule has 1 fully saturated rings. The van der Waals surface area contributed by atoms with E-state index in [0.717, 1.165) is 38.7 Å². The van der Waals surface area contributed by atoms with Crippen LogP contribution in [-0.2, 0) is 4.74 Å². The van der Waals surface area contributed by atoms with E-state index in [2.05, 4.69) is 37.9 Å². The highest BCUT2D eigenvalue weighted by molar-refractivity contribution is 4.75. The number of morpholine rings is 1. The minimum Gasteiger partial charge on any atom is -0.374 e. The summed E-state index contributed by atoms with van der Waals surface area (Å²) < 4.78 is 5.77. The average molecular weight is 228 g/mol. The van der Waals surface area contributed by atoms with Crippen LogP contribution < -0.4 is 5.32 Å². The topological polar surface area (TPSA) is 24.5 Å². The van der Waals surface area contributed by atoms with Gasteiger partial charge in [0.25, 0.3) is 0 Å². The van der Waals surface area contributed by atoms with Crippen LogP contribution in [0.25, 0.3) is 0 Å². The Bertz CT molecular complexity index is 185. The second-order valence-electron chi connectivity index (χ2n) is 5.25. The fourth-order valence-corrected chi connectivity index (χ4v) is 1.97. The van der Waals surface area contributed by atoms with Crippen LogP contribution >= 0.6 is 0 Å². The smallest absolute Gasteiger partial charge is 0.0826 e. The molecule has 1 N–H and O–H groups in total. The van der Waals surface area contributed by atoms with E-state index in [0.29, 0.717) is 12.1 Å². The Labute approximate surface area is 101 Å². The van der Waals surface area contributed by atoms with Crippen molar-refractivity contribution in [1.82, 2.24) is 10.2 Å². The van der Waals surface area contributed by atoms with Gasteiger partial charge in [-0.15, -0.1) is 0 Å². The monoisotopic (exact) mass is 228 g/mol. The molecular formula is C13H28N2O. The molecule has 1 heterocycles. The first kappa shape index (κ1) is 13.9. The lowest BCUT2D eigenvalue weighted by atomic mass is 10.1. The van der Waals surface area contributed by atoms with Crippen molar-refractivity contribution in [1.29, 1.82) is 0 Å². The summed E-state index contributed by atoms with van der Waals surface area (Å²) in [7, 11) is 0. The Balaban J connectivity index is 2.17. The molecule has 1 saturated heterocycles. The maximum absolute atomic E-state index is 5.77. The quantitative estimate of drug-likeness (QED) is 0.749. The van der Waals surface area contributed by atoms with Gasteiger partial charge in [-0.3, -0.25) is 4.90 Å². The van der Waals surface area contributed by atoms with E-state index in [4.69, 9.17) is 4.74 Å². The zero-order valence-corrected chi connectivity index (χ0v) is 11.3. The lowest BCUT2D eigenvalue weighted by Gasteiger charge is -2.35. The van der Waals surface area contributed by atoms with E-state index in [1.807, 2.05) is 0 Å². The van der Waals surface area contributed by atoms with Crippen LogP contribution in [0, 0.1) is 5.92 Å². The van der Waals surface area contributed by atoms with E-state index >= 15 is 0 Å². The number of rotatable bonds is 6. The summed E-state index contributed by atoms with van der Waals surface area (Å²) in [6.45, 7) is 14.2. The lowest BCUT2D eigenvalue weighted by molar-refractivity contribution is -0.0373. The SMILES string of the molecule is CCC(C)CNCC1CN(C(C)C)CCO1. The molecule has 3 nitrogen and oxygen atoms in total. The number of hydrogen-bond donors (Lipinski definition) is 1. The largest absolute Gasteiger partial charge is 0.374 e. The Morgan fingerprint density at radius 1 is 1.38 bits per heavy atom. The van der Waals surface area contributed by atoms with Gasteiger partial charge in [0, 0.05) is 25.7 Å². The van der Waals surface area contributed by atoms with Gasteiger partial charge in [0.2, 0.25) is 0 Å². The zero-order chi connectivity index (χ0) is 12.0. The van der Waals surface area contributed by atoms with Crippen molar-refractivity contribution in [2.75, 3.05) is 32.8 Å². The van der Waals surface area contributed by atoms with Crippen LogP contribution in [0.2, 0.25) is 0 Å². The molecule has 0 aromatic rings. The highest BCUT2D eigenvalue weighted by atomic mass is 16.5. The van der Waals surface area contributed by atoms with Crippen molar-refractivity contribution < 1.29 is 4.74 Å². The first-order valence-electron chi connectivity index (χ1n) is 6.69. The Morgan fingerprint density at radius 3 is 2.75 bits per heavy atom. The van der Waals surface area contributed by atoms with E-state index in [1.54, 1.807) is 0 Å².